The Hall–Kier alpha value is 0.0700. The molecule has 0 aromatic heterocycles. The first-order valence-corrected chi connectivity index (χ1v) is 7.13. The third-order valence-electron chi connectivity index (χ3n) is 2.86. The van der Waals surface area contributed by atoms with Crippen molar-refractivity contribution in [2.24, 2.45) is 0 Å². The van der Waals surface area contributed by atoms with E-state index in [1.54, 1.807) is 6.26 Å². The molecular weight excluding hydrogens is 196 g/mol. The lowest BCUT2D eigenvalue weighted by molar-refractivity contribution is 0.140. The molecule has 1 rings (SSSR count). The van der Waals surface area contributed by atoms with Gasteiger partial charge in [0.15, 0.2) is 0 Å². The molecular formula is C10H22N2OS. The normalized spacial score (nSPS) is 31.6. The maximum atomic E-state index is 11.0. The second-order valence-electron chi connectivity index (χ2n) is 4.14. The maximum absolute atomic E-state index is 11.0. The molecule has 1 heterocycles. The summed E-state index contributed by atoms with van der Waals surface area (Å²) in [5.41, 5.74) is 0. The number of nitrogens with zero attached hydrogens (tertiary/aromatic N) is 1. The highest BCUT2D eigenvalue weighted by molar-refractivity contribution is 7.84. The van der Waals surface area contributed by atoms with E-state index in [2.05, 4.69) is 24.1 Å². The summed E-state index contributed by atoms with van der Waals surface area (Å²) < 4.78 is 11.0. The number of hydrogen-bond donors (Lipinski definition) is 1. The lowest BCUT2D eigenvalue weighted by atomic mass is 10.1. The van der Waals surface area contributed by atoms with Crippen LogP contribution in [0.3, 0.4) is 0 Å². The van der Waals surface area contributed by atoms with Crippen LogP contribution in [-0.2, 0) is 10.8 Å². The van der Waals surface area contributed by atoms with Crippen molar-refractivity contribution in [3.05, 3.63) is 0 Å². The van der Waals surface area contributed by atoms with E-state index in [-0.39, 0.29) is 0 Å². The van der Waals surface area contributed by atoms with E-state index in [4.69, 9.17) is 0 Å². The van der Waals surface area contributed by atoms with Crippen LogP contribution in [0.15, 0.2) is 0 Å². The van der Waals surface area contributed by atoms with Crippen molar-refractivity contribution in [3.8, 4) is 0 Å². The van der Waals surface area contributed by atoms with Gasteiger partial charge in [0.05, 0.1) is 0 Å². The predicted octanol–water partition coefficient (Wildman–Crippen LogP) is 0.437. The fourth-order valence-corrected chi connectivity index (χ4v) is 2.45. The molecule has 84 valence electrons. The van der Waals surface area contributed by atoms with Gasteiger partial charge >= 0.3 is 0 Å². The summed E-state index contributed by atoms with van der Waals surface area (Å²) in [6, 6.07) is 1.21. The van der Waals surface area contributed by atoms with Gasteiger partial charge in [0.1, 0.15) is 0 Å². The van der Waals surface area contributed by atoms with E-state index in [1.165, 1.54) is 6.42 Å². The zero-order chi connectivity index (χ0) is 10.6. The van der Waals surface area contributed by atoms with Gasteiger partial charge in [-0.1, -0.05) is 6.92 Å². The Kier molecular flexibility index (Phi) is 5.06. The van der Waals surface area contributed by atoms with Crippen LogP contribution in [0.1, 0.15) is 20.3 Å². The fraction of sp³-hybridized carbons (Fsp3) is 1.00. The molecule has 1 aliphatic heterocycles. The quantitative estimate of drug-likeness (QED) is 0.743. The second-order valence-corrected chi connectivity index (χ2v) is 5.70. The molecule has 0 saturated carbocycles. The van der Waals surface area contributed by atoms with Gasteiger partial charge < -0.3 is 5.32 Å². The molecule has 1 fully saturated rings. The van der Waals surface area contributed by atoms with E-state index in [1.807, 2.05) is 0 Å². The molecule has 0 radical (unpaired) electrons. The number of piperazine rings is 1. The molecule has 4 heteroatoms. The summed E-state index contributed by atoms with van der Waals surface area (Å²) in [7, 11) is -0.657. The Morgan fingerprint density at radius 3 is 2.86 bits per heavy atom. The molecule has 1 aliphatic rings. The SMILES string of the molecule is CCC1CNC(C)CN1CCS(C)=O. The summed E-state index contributed by atoms with van der Waals surface area (Å²) in [5.74, 6) is 0.809. The average molecular weight is 218 g/mol. The highest BCUT2D eigenvalue weighted by Gasteiger charge is 2.23. The van der Waals surface area contributed by atoms with Crippen LogP contribution < -0.4 is 5.32 Å². The van der Waals surface area contributed by atoms with Crippen molar-refractivity contribution in [1.82, 2.24) is 10.2 Å². The number of nitrogens with one attached hydrogen (secondary N) is 1. The molecule has 3 nitrogen and oxygen atoms in total. The Bertz CT molecular complexity index is 199. The van der Waals surface area contributed by atoms with Crippen molar-refractivity contribution >= 4 is 10.8 Å². The van der Waals surface area contributed by atoms with E-state index >= 15 is 0 Å². The van der Waals surface area contributed by atoms with E-state index in [9.17, 15) is 4.21 Å². The molecule has 3 atom stereocenters. The standard InChI is InChI=1S/C10H22N2OS/c1-4-10-7-11-9(2)8-12(10)5-6-14(3)13/h9-11H,4-8H2,1-3H3. The zero-order valence-electron chi connectivity index (χ0n) is 9.45. The van der Waals surface area contributed by atoms with Crippen molar-refractivity contribution in [2.45, 2.75) is 32.4 Å². The predicted molar refractivity (Wildman–Crippen MR) is 62.1 cm³/mol. The first kappa shape index (κ1) is 12.1. The smallest absolute Gasteiger partial charge is 0.0359 e. The van der Waals surface area contributed by atoms with Crippen LogP contribution in [-0.4, -0.2) is 52.8 Å². The molecule has 1 N–H and O–H groups in total. The number of hydrogen-bond acceptors (Lipinski definition) is 3. The largest absolute Gasteiger partial charge is 0.311 e. The third kappa shape index (κ3) is 3.67. The minimum Gasteiger partial charge on any atom is -0.311 e. The van der Waals surface area contributed by atoms with Crippen molar-refractivity contribution in [1.29, 1.82) is 0 Å². The Morgan fingerprint density at radius 2 is 2.29 bits per heavy atom. The summed E-state index contributed by atoms with van der Waals surface area (Å²) in [6.45, 7) is 7.58. The van der Waals surface area contributed by atoms with Crippen LogP contribution in [0.25, 0.3) is 0 Å². The van der Waals surface area contributed by atoms with Gasteiger partial charge in [-0.15, -0.1) is 0 Å². The van der Waals surface area contributed by atoms with Gasteiger partial charge in [0.25, 0.3) is 0 Å². The Morgan fingerprint density at radius 1 is 1.57 bits per heavy atom. The van der Waals surface area contributed by atoms with Gasteiger partial charge in [-0.25, -0.2) is 0 Å². The molecule has 0 amide bonds. The average Bonchev–Trinajstić information content (AvgIpc) is 2.15. The van der Waals surface area contributed by atoms with E-state index in [0.717, 1.165) is 25.4 Å². The summed E-state index contributed by atoms with van der Waals surface area (Å²) in [4.78, 5) is 2.47. The van der Waals surface area contributed by atoms with Crippen LogP contribution in [0.4, 0.5) is 0 Å². The van der Waals surface area contributed by atoms with Crippen molar-refractivity contribution in [3.63, 3.8) is 0 Å². The Balaban J connectivity index is 2.40. The van der Waals surface area contributed by atoms with Gasteiger partial charge in [-0.2, -0.15) is 0 Å². The summed E-state index contributed by atoms with van der Waals surface area (Å²) in [6.07, 6.45) is 2.96. The van der Waals surface area contributed by atoms with Crippen LogP contribution in [0.5, 0.6) is 0 Å². The molecule has 3 unspecified atom stereocenters. The van der Waals surface area contributed by atoms with Crippen LogP contribution in [0, 0.1) is 0 Å². The van der Waals surface area contributed by atoms with Crippen LogP contribution >= 0.6 is 0 Å². The van der Waals surface area contributed by atoms with Gasteiger partial charge in [0, 0.05) is 54.5 Å². The first-order chi connectivity index (χ1) is 6.63. The molecule has 0 aliphatic carbocycles. The van der Waals surface area contributed by atoms with E-state index in [0.29, 0.717) is 12.1 Å². The molecule has 0 spiro atoms. The summed E-state index contributed by atoms with van der Waals surface area (Å²) in [5, 5.41) is 3.48. The molecule has 0 aromatic carbocycles. The lowest BCUT2D eigenvalue weighted by Crippen LogP contribution is -2.55. The monoisotopic (exact) mass is 218 g/mol. The molecule has 0 bridgehead atoms. The molecule has 0 aromatic rings. The number of rotatable bonds is 4. The minimum absolute atomic E-state index is 0.572. The zero-order valence-corrected chi connectivity index (χ0v) is 10.3. The fourth-order valence-electron chi connectivity index (χ4n) is 1.95. The van der Waals surface area contributed by atoms with Crippen LogP contribution in [0.2, 0.25) is 0 Å². The summed E-state index contributed by atoms with van der Waals surface area (Å²) >= 11 is 0. The molecule has 14 heavy (non-hydrogen) atoms. The second kappa shape index (κ2) is 5.83. The first-order valence-electron chi connectivity index (χ1n) is 5.41. The van der Waals surface area contributed by atoms with Crippen molar-refractivity contribution in [2.75, 3.05) is 31.6 Å². The van der Waals surface area contributed by atoms with Gasteiger partial charge in [0.2, 0.25) is 0 Å². The third-order valence-corrected chi connectivity index (χ3v) is 3.62. The lowest BCUT2D eigenvalue weighted by Gasteiger charge is -2.38. The minimum atomic E-state index is -0.657. The molecule has 1 saturated heterocycles. The Labute approximate surface area is 89.7 Å². The van der Waals surface area contributed by atoms with Gasteiger partial charge in [-0.05, 0) is 13.3 Å². The maximum Gasteiger partial charge on any atom is 0.0359 e. The highest BCUT2D eigenvalue weighted by Crippen LogP contribution is 2.09. The highest BCUT2D eigenvalue weighted by atomic mass is 32.2. The topological polar surface area (TPSA) is 32.3 Å². The van der Waals surface area contributed by atoms with Crippen molar-refractivity contribution < 1.29 is 4.21 Å². The van der Waals surface area contributed by atoms with E-state index < -0.39 is 10.8 Å². The van der Waals surface area contributed by atoms with Gasteiger partial charge in [-0.3, -0.25) is 9.11 Å².